The minimum absolute atomic E-state index is 0. The molecule has 2 N–H and O–H groups in total. The van der Waals surface area contributed by atoms with E-state index in [9.17, 15) is 9.90 Å². The van der Waals surface area contributed by atoms with Gasteiger partial charge in [0.15, 0.2) is 0 Å². The molecule has 0 amide bonds. The van der Waals surface area contributed by atoms with Crippen LogP contribution in [0.15, 0.2) is 17.1 Å². The second-order valence-corrected chi connectivity index (χ2v) is 3.98. The Balaban J connectivity index is 0. The second kappa shape index (κ2) is 10.5. The molecule has 0 spiro atoms. The van der Waals surface area contributed by atoms with Gasteiger partial charge in [-0.3, -0.25) is 9.36 Å². The molecule has 0 aliphatic carbocycles. The van der Waals surface area contributed by atoms with Crippen LogP contribution in [0.25, 0.3) is 5.73 Å². The largest absolute Gasteiger partial charge is 0.482 e. The van der Waals surface area contributed by atoms with Gasteiger partial charge in [-0.1, -0.05) is 13.2 Å². The first-order valence-electron chi connectivity index (χ1n) is 4.87. The van der Waals surface area contributed by atoms with Crippen LogP contribution < -0.4 is 5.69 Å². The fraction of sp³-hybridized carbons (Fsp3) is 0.600. The summed E-state index contributed by atoms with van der Waals surface area (Å²) in [6, 6.07) is 1.41. The topological polar surface area (TPSA) is 88.1 Å². The molecular formula is C10H16Ac2N3O3S-. The van der Waals surface area contributed by atoms with Gasteiger partial charge in [0.05, 0.1) is 12.2 Å². The normalized spacial score (nSPS) is 24.8. The van der Waals surface area contributed by atoms with Crippen LogP contribution in [0.1, 0.15) is 20.1 Å². The van der Waals surface area contributed by atoms with Crippen molar-refractivity contribution in [1.29, 1.82) is 0 Å². The van der Waals surface area contributed by atoms with E-state index in [0.29, 0.717) is 12.2 Å². The predicted octanol–water partition coefficient (Wildman–Crippen LogP) is 1.14. The molecule has 19 heavy (non-hydrogen) atoms. The van der Waals surface area contributed by atoms with Crippen molar-refractivity contribution in [3.8, 4) is 0 Å². The van der Waals surface area contributed by atoms with E-state index in [1.807, 2.05) is 0 Å². The van der Waals surface area contributed by atoms with Crippen molar-refractivity contribution in [1.82, 2.24) is 9.55 Å². The van der Waals surface area contributed by atoms with E-state index in [0.717, 1.165) is 0 Å². The molecule has 102 valence electrons. The molecule has 0 saturated carbocycles. The van der Waals surface area contributed by atoms with Gasteiger partial charge in [0.25, 0.3) is 0 Å². The first-order chi connectivity index (χ1) is 7.61. The van der Waals surface area contributed by atoms with Crippen molar-refractivity contribution in [2.24, 2.45) is 0 Å². The summed E-state index contributed by atoms with van der Waals surface area (Å²) in [5.41, 5.74) is 6.65. The van der Waals surface area contributed by atoms with Gasteiger partial charge in [-0.15, -0.1) is 0 Å². The Labute approximate surface area is 189 Å². The van der Waals surface area contributed by atoms with Crippen LogP contribution in [0.4, 0.5) is 5.82 Å². The van der Waals surface area contributed by atoms with Crippen LogP contribution in [0.5, 0.6) is 0 Å². The first kappa shape index (κ1) is 23.1. The van der Waals surface area contributed by atoms with Gasteiger partial charge in [-0.05, 0) is 6.07 Å². The number of nitrogens with one attached hydrogen (secondary N) is 1. The van der Waals surface area contributed by atoms with Crippen molar-refractivity contribution in [3.63, 3.8) is 0 Å². The Morgan fingerprint density at radius 3 is 2.68 bits per heavy atom. The van der Waals surface area contributed by atoms with Crippen molar-refractivity contribution in [2.45, 2.75) is 32.3 Å². The summed E-state index contributed by atoms with van der Waals surface area (Å²) in [5.74, 6) is 0.321. The first-order valence-corrected chi connectivity index (χ1v) is 5.50. The van der Waals surface area contributed by atoms with Gasteiger partial charge in [0, 0.05) is 106 Å². The summed E-state index contributed by atoms with van der Waals surface area (Å²) in [5, 5.41) is 9.62. The van der Waals surface area contributed by atoms with Crippen LogP contribution in [-0.2, 0) is 4.74 Å². The number of thiol groups is 1. The van der Waals surface area contributed by atoms with Crippen molar-refractivity contribution < 1.29 is 98.0 Å². The fourth-order valence-electron chi connectivity index (χ4n) is 1.68. The van der Waals surface area contributed by atoms with Gasteiger partial charge < -0.3 is 20.6 Å². The number of aromatic nitrogens is 2. The molecule has 2 unspecified atom stereocenters. The number of rotatable bonds is 2. The average molecular weight is 712 g/mol. The fourth-order valence-corrected chi connectivity index (χ4v) is 2.01. The maximum Gasteiger partial charge on any atom is 0.248 e. The monoisotopic (exact) mass is 712 g/mol. The summed E-state index contributed by atoms with van der Waals surface area (Å²) >= 11 is 4.05. The molecule has 2 radical (unpaired) electrons. The molecule has 1 aromatic heterocycles. The molecule has 1 aromatic rings. The number of aliphatic hydroxyl groups excluding tert-OH is 1. The van der Waals surface area contributed by atoms with E-state index in [4.69, 9.17) is 10.5 Å². The predicted molar refractivity (Wildman–Crippen MR) is 67.6 cm³/mol. The van der Waals surface area contributed by atoms with E-state index >= 15 is 0 Å². The number of ether oxygens (including phenoxy) is 1. The molecule has 9 heteroatoms. The quantitative estimate of drug-likeness (QED) is 0.451. The minimum atomic E-state index is -0.620. The summed E-state index contributed by atoms with van der Waals surface area (Å²) in [6.07, 6.45) is 0.286. The van der Waals surface area contributed by atoms with E-state index < -0.39 is 18.0 Å². The SMILES string of the molecule is C.[Ac].[Ac].[NH-]c1ccn(C2CC(O)[C@@H](CS)O2)c(=O)n1. The van der Waals surface area contributed by atoms with E-state index in [2.05, 4.69) is 17.6 Å². The van der Waals surface area contributed by atoms with Crippen LogP contribution in [0.2, 0.25) is 0 Å². The third kappa shape index (κ3) is 5.85. The smallest absolute Gasteiger partial charge is 0.248 e. The number of aliphatic hydroxyl groups is 1. The summed E-state index contributed by atoms with van der Waals surface area (Å²) in [6.45, 7) is 0. The van der Waals surface area contributed by atoms with Crippen molar-refractivity contribution in [2.75, 3.05) is 5.75 Å². The Morgan fingerprint density at radius 1 is 1.58 bits per heavy atom. The number of nitrogens with zero attached hydrogens (tertiary/aromatic N) is 2. The molecule has 2 heterocycles. The van der Waals surface area contributed by atoms with E-state index in [-0.39, 0.29) is 107 Å². The molecule has 0 bridgehead atoms. The Hall–Kier alpha value is 1.83. The molecule has 1 fully saturated rings. The van der Waals surface area contributed by atoms with Crippen LogP contribution >= 0.6 is 12.6 Å². The molecule has 3 atom stereocenters. The summed E-state index contributed by atoms with van der Waals surface area (Å²) < 4.78 is 6.75. The second-order valence-electron chi connectivity index (χ2n) is 3.62. The third-order valence-electron chi connectivity index (χ3n) is 2.52. The minimum Gasteiger partial charge on any atom is -0.482 e. The Bertz CT molecular complexity index is 446. The third-order valence-corrected chi connectivity index (χ3v) is 2.88. The van der Waals surface area contributed by atoms with Gasteiger partial charge in [0.2, 0.25) is 5.69 Å². The number of hydrogen-bond donors (Lipinski definition) is 2. The van der Waals surface area contributed by atoms with Gasteiger partial charge in [0.1, 0.15) is 6.23 Å². The Morgan fingerprint density at radius 2 is 2.21 bits per heavy atom. The molecule has 1 saturated heterocycles. The van der Waals surface area contributed by atoms with Crippen LogP contribution in [0, 0.1) is 88.1 Å². The van der Waals surface area contributed by atoms with E-state index in [1.165, 1.54) is 16.8 Å². The maximum absolute atomic E-state index is 11.5. The molecular weight excluding hydrogens is 696 g/mol. The standard InChI is InChI=1S/C9H13N3O3S.CH4.2Ac/c10-7-1-2-12(9(14)11-7)8-3-5(13)6(4-16)15-8;;;/h1-2,5-6,8,13H,3-4H2,(H3,10,11,14,16);1H4;;/p-1/t5?,6-,8?;;;/m1.../s1. The molecule has 6 nitrogen and oxygen atoms in total. The average Bonchev–Trinajstić information content (AvgIpc) is 2.59. The summed E-state index contributed by atoms with van der Waals surface area (Å²) in [7, 11) is 0. The number of hydrogen-bond acceptors (Lipinski definition) is 5. The molecule has 0 aromatic carbocycles. The zero-order valence-electron chi connectivity index (χ0n) is 9.56. The van der Waals surface area contributed by atoms with Crippen LogP contribution in [-0.4, -0.2) is 32.6 Å². The van der Waals surface area contributed by atoms with Gasteiger partial charge >= 0.3 is 0 Å². The zero-order chi connectivity index (χ0) is 11.7. The molecule has 1 aliphatic rings. The molecule has 1 aliphatic heterocycles. The Kier molecular flexibility index (Phi) is 12.8. The summed E-state index contributed by atoms with van der Waals surface area (Å²) in [4.78, 5) is 15.0. The molecule has 2 rings (SSSR count). The van der Waals surface area contributed by atoms with Crippen LogP contribution in [0.3, 0.4) is 0 Å². The van der Waals surface area contributed by atoms with Gasteiger partial charge in [-0.2, -0.15) is 12.6 Å². The van der Waals surface area contributed by atoms with E-state index in [1.54, 1.807) is 0 Å². The zero-order valence-corrected chi connectivity index (χ0v) is 19.9. The van der Waals surface area contributed by atoms with Crippen molar-refractivity contribution in [3.05, 3.63) is 28.5 Å². The maximum atomic E-state index is 11.5. The van der Waals surface area contributed by atoms with Crippen molar-refractivity contribution >= 4 is 18.4 Å². The van der Waals surface area contributed by atoms with Gasteiger partial charge in [-0.25, -0.2) is 0 Å².